The third-order valence-corrected chi connectivity index (χ3v) is 2.10. The summed E-state index contributed by atoms with van der Waals surface area (Å²) in [7, 11) is 3.62. The maximum atomic E-state index is 11.5. The van der Waals surface area contributed by atoms with Crippen LogP contribution in [0.15, 0.2) is 12.2 Å². The van der Waals surface area contributed by atoms with Gasteiger partial charge in [0.05, 0.1) is 0 Å². The van der Waals surface area contributed by atoms with Crippen molar-refractivity contribution in [1.29, 1.82) is 0 Å². The van der Waals surface area contributed by atoms with Gasteiger partial charge < -0.3 is 9.47 Å². The van der Waals surface area contributed by atoms with E-state index in [9.17, 15) is 4.79 Å². The van der Waals surface area contributed by atoms with E-state index >= 15 is 0 Å². The van der Waals surface area contributed by atoms with Crippen LogP contribution >= 0.6 is 0 Å². The van der Waals surface area contributed by atoms with E-state index in [1.54, 1.807) is 11.8 Å². The van der Waals surface area contributed by atoms with Gasteiger partial charge >= 0.3 is 5.97 Å². The molecule has 1 unspecified atom stereocenters. The molecule has 0 aromatic rings. The van der Waals surface area contributed by atoms with Crippen molar-refractivity contribution in [2.75, 3.05) is 20.7 Å². The maximum Gasteiger partial charge on any atom is 0.336 e. The fourth-order valence-electron chi connectivity index (χ4n) is 1.20. The Kier molecular flexibility index (Phi) is 5.54. The standard InChI is InChI=1S/C11H21NO3/c1-7-11(12(5)6,14-8-2)15-10(13)9(3)4/h3,7-8H2,1-2,4-6H3. The molecule has 0 rings (SSSR count). The summed E-state index contributed by atoms with van der Waals surface area (Å²) in [4.78, 5) is 13.2. The number of hydrogen-bond acceptors (Lipinski definition) is 4. The normalized spacial score (nSPS) is 14.8. The monoisotopic (exact) mass is 215 g/mol. The van der Waals surface area contributed by atoms with Crippen molar-refractivity contribution in [3.63, 3.8) is 0 Å². The van der Waals surface area contributed by atoms with Crippen LogP contribution in [0.25, 0.3) is 0 Å². The highest BCUT2D eigenvalue weighted by Gasteiger charge is 2.36. The van der Waals surface area contributed by atoms with Gasteiger partial charge in [0.25, 0.3) is 5.91 Å². The Morgan fingerprint density at radius 1 is 1.40 bits per heavy atom. The number of carbonyl (C=O) groups is 1. The molecule has 0 aliphatic heterocycles. The molecule has 0 spiro atoms. The number of esters is 1. The molecule has 15 heavy (non-hydrogen) atoms. The van der Waals surface area contributed by atoms with E-state index in [0.29, 0.717) is 18.6 Å². The van der Waals surface area contributed by atoms with Crippen LogP contribution in [-0.4, -0.2) is 37.5 Å². The minimum Gasteiger partial charge on any atom is -0.415 e. The molecule has 0 aromatic heterocycles. The summed E-state index contributed by atoms with van der Waals surface area (Å²) in [6, 6.07) is 0. The molecule has 1 atom stereocenters. The van der Waals surface area contributed by atoms with Gasteiger partial charge in [-0.05, 0) is 27.9 Å². The molecule has 0 radical (unpaired) electrons. The van der Waals surface area contributed by atoms with Crippen LogP contribution < -0.4 is 0 Å². The van der Waals surface area contributed by atoms with E-state index in [2.05, 4.69) is 6.58 Å². The first-order valence-electron chi connectivity index (χ1n) is 5.09. The number of carbonyl (C=O) groups excluding carboxylic acids is 1. The summed E-state index contributed by atoms with van der Waals surface area (Å²) in [6.45, 7) is 9.41. The summed E-state index contributed by atoms with van der Waals surface area (Å²) in [6.07, 6.45) is 0.562. The second-order valence-electron chi connectivity index (χ2n) is 3.56. The van der Waals surface area contributed by atoms with Gasteiger partial charge in [0.1, 0.15) is 0 Å². The average molecular weight is 215 g/mol. The van der Waals surface area contributed by atoms with Crippen molar-refractivity contribution < 1.29 is 14.3 Å². The van der Waals surface area contributed by atoms with Gasteiger partial charge in [-0.3, -0.25) is 0 Å². The van der Waals surface area contributed by atoms with Gasteiger partial charge in [0.2, 0.25) is 0 Å². The Balaban J connectivity index is 4.76. The van der Waals surface area contributed by atoms with E-state index in [-0.39, 0.29) is 0 Å². The van der Waals surface area contributed by atoms with Gasteiger partial charge in [0, 0.05) is 18.6 Å². The molecule has 0 saturated heterocycles. The van der Waals surface area contributed by atoms with E-state index in [0.717, 1.165) is 0 Å². The van der Waals surface area contributed by atoms with E-state index < -0.39 is 11.9 Å². The van der Waals surface area contributed by atoms with Crippen LogP contribution in [-0.2, 0) is 14.3 Å². The van der Waals surface area contributed by atoms with E-state index in [1.165, 1.54) is 0 Å². The molecule has 0 amide bonds. The van der Waals surface area contributed by atoms with Gasteiger partial charge in [-0.25, -0.2) is 9.69 Å². The average Bonchev–Trinajstić information content (AvgIpc) is 2.16. The first-order chi connectivity index (χ1) is 6.89. The minimum absolute atomic E-state index is 0.370. The Hall–Kier alpha value is -0.870. The van der Waals surface area contributed by atoms with Crippen LogP contribution in [0, 0.1) is 0 Å². The maximum absolute atomic E-state index is 11.5. The number of rotatable bonds is 6. The fourth-order valence-corrected chi connectivity index (χ4v) is 1.20. The molecule has 0 bridgehead atoms. The summed E-state index contributed by atoms with van der Waals surface area (Å²) >= 11 is 0. The third-order valence-electron chi connectivity index (χ3n) is 2.10. The van der Waals surface area contributed by atoms with Crippen LogP contribution in [0.2, 0.25) is 0 Å². The quantitative estimate of drug-likeness (QED) is 0.384. The number of hydrogen-bond donors (Lipinski definition) is 0. The number of ether oxygens (including phenoxy) is 2. The summed E-state index contributed by atoms with van der Waals surface area (Å²) in [5, 5.41) is 0. The predicted octanol–water partition coefficient (Wildman–Crippen LogP) is 1.77. The zero-order valence-electron chi connectivity index (χ0n) is 10.3. The molecule has 0 aliphatic carbocycles. The molecule has 0 N–H and O–H groups in total. The van der Waals surface area contributed by atoms with Crippen molar-refractivity contribution in [3.05, 3.63) is 12.2 Å². The Morgan fingerprint density at radius 3 is 2.20 bits per heavy atom. The first-order valence-corrected chi connectivity index (χ1v) is 5.09. The highest BCUT2D eigenvalue weighted by molar-refractivity contribution is 5.87. The molecule has 0 heterocycles. The molecule has 0 fully saturated rings. The largest absolute Gasteiger partial charge is 0.415 e. The molecule has 4 heteroatoms. The first kappa shape index (κ1) is 14.1. The molecule has 0 aliphatic rings. The molecular formula is C11H21NO3. The lowest BCUT2D eigenvalue weighted by molar-refractivity contribution is -0.289. The van der Waals surface area contributed by atoms with Gasteiger partial charge in [-0.1, -0.05) is 13.5 Å². The lowest BCUT2D eigenvalue weighted by Gasteiger charge is -2.37. The van der Waals surface area contributed by atoms with Crippen molar-refractivity contribution >= 4 is 5.97 Å². The molecular weight excluding hydrogens is 194 g/mol. The van der Waals surface area contributed by atoms with Crippen LogP contribution in [0.1, 0.15) is 27.2 Å². The van der Waals surface area contributed by atoms with Crippen molar-refractivity contribution in [2.45, 2.75) is 33.1 Å². The Labute approximate surface area is 91.8 Å². The zero-order valence-corrected chi connectivity index (χ0v) is 10.3. The van der Waals surface area contributed by atoms with Crippen molar-refractivity contribution in [3.8, 4) is 0 Å². The van der Waals surface area contributed by atoms with Crippen molar-refractivity contribution in [1.82, 2.24) is 4.90 Å². The second-order valence-corrected chi connectivity index (χ2v) is 3.56. The number of nitrogens with zero attached hydrogens (tertiary/aromatic N) is 1. The topological polar surface area (TPSA) is 38.8 Å². The minimum atomic E-state index is -0.981. The SMILES string of the molecule is C=C(C)C(=O)OC(CC)(OCC)N(C)C. The van der Waals surface area contributed by atoms with Gasteiger partial charge in [0.15, 0.2) is 0 Å². The molecule has 88 valence electrons. The predicted molar refractivity (Wildman–Crippen MR) is 59.2 cm³/mol. The molecule has 0 aromatic carbocycles. The molecule has 4 nitrogen and oxygen atoms in total. The van der Waals surface area contributed by atoms with Gasteiger partial charge in [-0.15, -0.1) is 0 Å². The van der Waals surface area contributed by atoms with E-state index in [4.69, 9.17) is 9.47 Å². The van der Waals surface area contributed by atoms with Crippen LogP contribution in [0.5, 0.6) is 0 Å². The molecule has 0 saturated carbocycles. The summed E-state index contributed by atoms with van der Waals surface area (Å²) < 4.78 is 10.8. The van der Waals surface area contributed by atoms with E-state index in [1.807, 2.05) is 27.9 Å². The fraction of sp³-hybridized carbons (Fsp3) is 0.727. The lowest BCUT2D eigenvalue weighted by atomic mass is 10.3. The zero-order chi connectivity index (χ0) is 12.1. The summed E-state index contributed by atoms with van der Waals surface area (Å²) in [5.74, 6) is -1.41. The third kappa shape index (κ3) is 3.64. The Morgan fingerprint density at radius 2 is 1.93 bits per heavy atom. The second kappa shape index (κ2) is 5.88. The van der Waals surface area contributed by atoms with Crippen molar-refractivity contribution in [2.24, 2.45) is 0 Å². The Bertz CT molecular complexity index is 238. The highest BCUT2D eigenvalue weighted by atomic mass is 16.7. The van der Waals surface area contributed by atoms with Crippen LogP contribution in [0.4, 0.5) is 0 Å². The summed E-state index contributed by atoms with van der Waals surface area (Å²) in [5.41, 5.74) is 0.370. The van der Waals surface area contributed by atoms with Gasteiger partial charge in [-0.2, -0.15) is 0 Å². The highest BCUT2D eigenvalue weighted by Crippen LogP contribution is 2.21. The lowest BCUT2D eigenvalue weighted by Crippen LogP contribution is -2.50. The smallest absolute Gasteiger partial charge is 0.336 e. The van der Waals surface area contributed by atoms with Crippen LogP contribution in [0.3, 0.4) is 0 Å².